The van der Waals surface area contributed by atoms with Crippen molar-refractivity contribution in [3.05, 3.63) is 46.8 Å². The summed E-state index contributed by atoms with van der Waals surface area (Å²) >= 11 is 0. The topological polar surface area (TPSA) is 77.0 Å². The first-order chi connectivity index (χ1) is 15.1. The summed E-state index contributed by atoms with van der Waals surface area (Å²) < 4.78 is 17.4. The first kappa shape index (κ1) is 22.7. The Bertz CT molecular complexity index is 908. The van der Waals surface area contributed by atoms with E-state index in [1.54, 1.807) is 21.3 Å². The SMILES string of the molecule is CN=C(NCc1cccc(OC)c1OC1CCCC1)NCc1ncc(C)c(OC)c1C. The second kappa shape index (κ2) is 10.9. The van der Waals surface area contributed by atoms with E-state index >= 15 is 0 Å². The number of ether oxygens (including phenoxy) is 3. The van der Waals surface area contributed by atoms with Crippen molar-refractivity contribution in [2.24, 2.45) is 4.99 Å². The number of aliphatic imine (C=N–C) groups is 1. The standard InChI is InChI=1S/C24H34N4O3/c1-16-13-26-20(17(2)22(16)30-5)15-28-24(25-3)27-14-18-9-8-12-21(29-4)23(18)31-19-10-6-7-11-19/h8-9,12-13,19H,6-7,10-11,14-15H2,1-5H3,(H2,25,27,28). The van der Waals surface area contributed by atoms with Gasteiger partial charge in [-0.3, -0.25) is 9.98 Å². The lowest BCUT2D eigenvalue weighted by atomic mass is 10.1. The minimum atomic E-state index is 0.262. The molecule has 31 heavy (non-hydrogen) atoms. The Labute approximate surface area is 185 Å². The molecule has 0 saturated heterocycles. The number of methoxy groups -OCH3 is 2. The molecule has 7 heteroatoms. The largest absolute Gasteiger partial charge is 0.496 e. The van der Waals surface area contributed by atoms with Gasteiger partial charge in [-0.25, -0.2) is 0 Å². The van der Waals surface area contributed by atoms with E-state index in [9.17, 15) is 0 Å². The Morgan fingerprint density at radius 2 is 1.81 bits per heavy atom. The number of aromatic nitrogens is 1. The van der Waals surface area contributed by atoms with Crippen LogP contribution in [-0.4, -0.2) is 38.3 Å². The highest BCUT2D eigenvalue weighted by Gasteiger charge is 2.20. The van der Waals surface area contributed by atoms with Crippen molar-refractivity contribution in [3.63, 3.8) is 0 Å². The number of guanidine groups is 1. The molecule has 2 aromatic rings. The third-order valence-corrected chi connectivity index (χ3v) is 5.71. The molecule has 0 bridgehead atoms. The lowest BCUT2D eigenvalue weighted by Gasteiger charge is -2.20. The van der Waals surface area contributed by atoms with E-state index in [2.05, 4.69) is 26.7 Å². The lowest BCUT2D eigenvalue weighted by molar-refractivity contribution is 0.198. The second-order valence-electron chi connectivity index (χ2n) is 7.80. The van der Waals surface area contributed by atoms with Gasteiger partial charge in [0.1, 0.15) is 5.75 Å². The Hall–Kier alpha value is -2.96. The van der Waals surface area contributed by atoms with Gasteiger partial charge in [0.15, 0.2) is 17.5 Å². The summed E-state index contributed by atoms with van der Waals surface area (Å²) in [5.74, 6) is 3.15. The van der Waals surface area contributed by atoms with Crippen molar-refractivity contribution in [2.45, 2.75) is 58.7 Å². The fraction of sp³-hybridized carbons (Fsp3) is 0.500. The molecule has 3 rings (SSSR count). The number of rotatable bonds is 8. The quantitative estimate of drug-likeness (QED) is 0.492. The summed E-state index contributed by atoms with van der Waals surface area (Å²) in [5.41, 5.74) is 4.03. The van der Waals surface area contributed by atoms with Crippen molar-refractivity contribution in [3.8, 4) is 17.2 Å². The molecule has 2 N–H and O–H groups in total. The number of hydrogen-bond donors (Lipinski definition) is 2. The molecule has 1 fully saturated rings. The minimum Gasteiger partial charge on any atom is -0.496 e. The van der Waals surface area contributed by atoms with Crippen LogP contribution in [0.25, 0.3) is 0 Å². The van der Waals surface area contributed by atoms with E-state index < -0.39 is 0 Å². The molecule has 168 valence electrons. The molecule has 1 saturated carbocycles. The summed E-state index contributed by atoms with van der Waals surface area (Å²) in [5, 5.41) is 6.71. The van der Waals surface area contributed by atoms with Crippen LogP contribution in [0.2, 0.25) is 0 Å². The molecule has 0 unspecified atom stereocenters. The highest BCUT2D eigenvalue weighted by molar-refractivity contribution is 5.79. The Kier molecular flexibility index (Phi) is 7.98. The van der Waals surface area contributed by atoms with Gasteiger partial charge in [0.25, 0.3) is 0 Å². The van der Waals surface area contributed by atoms with E-state index in [-0.39, 0.29) is 6.10 Å². The van der Waals surface area contributed by atoms with E-state index in [0.29, 0.717) is 19.0 Å². The minimum absolute atomic E-state index is 0.262. The van der Waals surface area contributed by atoms with Gasteiger partial charge in [0.2, 0.25) is 0 Å². The zero-order valence-electron chi connectivity index (χ0n) is 19.2. The second-order valence-corrected chi connectivity index (χ2v) is 7.80. The maximum absolute atomic E-state index is 6.33. The average molecular weight is 427 g/mol. The molecule has 1 aromatic carbocycles. The van der Waals surface area contributed by atoms with Crippen LogP contribution in [0.15, 0.2) is 29.4 Å². The summed E-state index contributed by atoms with van der Waals surface area (Å²) in [6.45, 7) is 5.14. The average Bonchev–Trinajstić information content (AvgIpc) is 3.29. The maximum Gasteiger partial charge on any atom is 0.191 e. The normalized spacial score (nSPS) is 14.4. The number of hydrogen-bond acceptors (Lipinski definition) is 5. The number of nitrogens with zero attached hydrogens (tertiary/aromatic N) is 2. The van der Waals surface area contributed by atoms with Gasteiger partial charge in [-0.15, -0.1) is 0 Å². The van der Waals surface area contributed by atoms with Crippen molar-refractivity contribution < 1.29 is 14.2 Å². The predicted octanol–water partition coefficient (Wildman–Crippen LogP) is 3.90. The zero-order valence-corrected chi connectivity index (χ0v) is 19.2. The zero-order chi connectivity index (χ0) is 22.2. The van der Waals surface area contributed by atoms with Gasteiger partial charge in [-0.2, -0.15) is 0 Å². The van der Waals surface area contributed by atoms with Crippen LogP contribution in [0.3, 0.4) is 0 Å². The first-order valence-electron chi connectivity index (χ1n) is 10.8. The summed E-state index contributed by atoms with van der Waals surface area (Å²) in [4.78, 5) is 8.89. The van der Waals surface area contributed by atoms with E-state index in [4.69, 9.17) is 14.2 Å². The maximum atomic E-state index is 6.33. The van der Waals surface area contributed by atoms with Gasteiger partial charge in [0, 0.05) is 36.5 Å². The molecule has 0 atom stereocenters. The third-order valence-electron chi connectivity index (χ3n) is 5.71. The van der Waals surface area contributed by atoms with Crippen molar-refractivity contribution in [1.29, 1.82) is 0 Å². The predicted molar refractivity (Wildman–Crippen MR) is 123 cm³/mol. The number of para-hydroxylation sites is 1. The van der Waals surface area contributed by atoms with Crippen LogP contribution in [0.5, 0.6) is 17.2 Å². The van der Waals surface area contributed by atoms with Crippen molar-refractivity contribution in [1.82, 2.24) is 15.6 Å². The van der Waals surface area contributed by atoms with Crippen LogP contribution in [0.4, 0.5) is 0 Å². The monoisotopic (exact) mass is 426 g/mol. The Morgan fingerprint density at radius 1 is 1.06 bits per heavy atom. The molecule has 1 aromatic heterocycles. The molecule has 1 heterocycles. The number of benzene rings is 1. The molecule has 0 amide bonds. The molecule has 1 aliphatic carbocycles. The fourth-order valence-corrected chi connectivity index (χ4v) is 3.98. The van der Waals surface area contributed by atoms with Crippen molar-refractivity contribution in [2.75, 3.05) is 21.3 Å². The van der Waals surface area contributed by atoms with Gasteiger partial charge in [-0.05, 0) is 45.6 Å². The van der Waals surface area contributed by atoms with Crippen LogP contribution >= 0.6 is 0 Å². The Morgan fingerprint density at radius 3 is 2.48 bits per heavy atom. The molecule has 0 spiro atoms. The lowest BCUT2D eigenvalue weighted by Crippen LogP contribution is -2.36. The Balaban J connectivity index is 1.66. The van der Waals surface area contributed by atoms with Gasteiger partial charge in [-0.1, -0.05) is 12.1 Å². The summed E-state index contributed by atoms with van der Waals surface area (Å²) in [6, 6.07) is 5.99. The molecule has 0 aliphatic heterocycles. The summed E-state index contributed by atoms with van der Waals surface area (Å²) in [6.07, 6.45) is 6.74. The van der Waals surface area contributed by atoms with E-state index in [0.717, 1.165) is 52.5 Å². The smallest absolute Gasteiger partial charge is 0.191 e. The van der Waals surface area contributed by atoms with Gasteiger partial charge in [0.05, 0.1) is 32.6 Å². The van der Waals surface area contributed by atoms with Crippen LogP contribution < -0.4 is 24.8 Å². The van der Waals surface area contributed by atoms with Crippen LogP contribution in [-0.2, 0) is 13.1 Å². The molecule has 1 aliphatic rings. The van der Waals surface area contributed by atoms with Crippen LogP contribution in [0.1, 0.15) is 48.1 Å². The first-order valence-corrected chi connectivity index (χ1v) is 10.8. The fourth-order valence-electron chi connectivity index (χ4n) is 3.98. The number of aryl methyl sites for hydroxylation is 1. The molecule has 0 radical (unpaired) electrons. The van der Waals surface area contributed by atoms with Gasteiger partial charge >= 0.3 is 0 Å². The van der Waals surface area contributed by atoms with E-state index in [1.807, 2.05) is 32.2 Å². The molecular formula is C24H34N4O3. The molecule has 7 nitrogen and oxygen atoms in total. The summed E-state index contributed by atoms with van der Waals surface area (Å²) in [7, 11) is 5.12. The van der Waals surface area contributed by atoms with Crippen molar-refractivity contribution >= 4 is 5.96 Å². The van der Waals surface area contributed by atoms with Crippen LogP contribution in [0, 0.1) is 13.8 Å². The number of pyridine rings is 1. The van der Waals surface area contributed by atoms with E-state index in [1.165, 1.54) is 12.8 Å². The van der Waals surface area contributed by atoms with Gasteiger partial charge < -0.3 is 24.8 Å². The highest BCUT2D eigenvalue weighted by atomic mass is 16.5. The highest BCUT2D eigenvalue weighted by Crippen LogP contribution is 2.34. The number of nitrogens with one attached hydrogen (secondary N) is 2. The molecular weight excluding hydrogens is 392 g/mol. The third kappa shape index (κ3) is 5.60.